The van der Waals surface area contributed by atoms with E-state index < -0.39 is 23.1 Å². The first-order valence-corrected chi connectivity index (χ1v) is 6.23. The highest BCUT2D eigenvalue weighted by molar-refractivity contribution is 5.77. The van der Waals surface area contributed by atoms with E-state index in [-0.39, 0.29) is 6.42 Å². The fourth-order valence-corrected chi connectivity index (χ4v) is 2.10. The van der Waals surface area contributed by atoms with Gasteiger partial charge in [0.05, 0.1) is 5.54 Å². The van der Waals surface area contributed by atoms with Gasteiger partial charge in [-0.1, -0.05) is 0 Å². The Balaban J connectivity index is 2.66. The lowest BCUT2D eigenvalue weighted by atomic mass is 9.85. The summed E-state index contributed by atoms with van der Waals surface area (Å²) < 4.78 is 5.22. The van der Waals surface area contributed by atoms with Gasteiger partial charge >= 0.3 is 6.09 Å². The third-order valence-corrected chi connectivity index (χ3v) is 2.84. The smallest absolute Gasteiger partial charge is 0.408 e. The summed E-state index contributed by atoms with van der Waals surface area (Å²) in [6.45, 7) is 6.91. The van der Waals surface area contributed by atoms with Crippen LogP contribution in [0.25, 0.3) is 0 Å². The van der Waals surface area contributed by atoms with Gasteiger partial charge in [0.15, 0.2) is 0 Å². The van der Waals surface area contributed by atoms with Crippen molar-refractivity contribution in [2.24, 2.45) is 5.73 Å². The number of hydrogen-bond donors (Lipinski definition) is 3. The average molecular weight is 257 g/mol. The molecule has 0 aliphatic carbocycles. The van der Waals surface area contributed by atoms with Crippen molar-refractivity contribution in [1.29, 1.82) is 0 Å². The molecular formula is C12H23N3O3. The molecule has 0 aromatic carbocycles. The molecule has 6 heteroatoms. The largest absolute Gasteiger partial charge is 0.444 e. The molecule has 0 spiro atoms. The maximum absolute atomic E-state index is 11.8. The van der Waals surface area contributed by atoms with E-state index >= 15 is 0 Å². The van der Waals surface area contributed by atoms with Gasteiger partial charge in [0.1, 0.15) is 5.60 Å². The molecule has 0 saturated carbocycles. The van der Waals surface area contributed by atoms with Gasteiger partial charge < -0.3 is 21.1 Å². The van der Waals surface area contributed by atoms with Crippen LogP contribution < -0.4 is 16.4 Å². The molecule has 1 heterocycles. The van der Waals surface area contributed by atoms with E-state index in [9.17, 15) is 9.59 Å². The molecule has 6 nitrogen and oxygen atoms in total. The van der Waals surface area contributed by atoms with Crippen LogP contribution in [0, 0.1) is 0 Å². The maximum atomic E-state index is 11.8. The molecule has 0 aromatic rings. The van der Waals surface area contributed by atoms with Crippen LogP contribution in [0.15, 0.2) is 0 Å². The van der Waals surface area contributed by atoms with Crippen molar-refractivity contribution >= 4 is 12.0 Å². The fraction of sp³-hybridized carbons (Fsp3) is 0.833. The Morgan fingerprint density at radius 3 is 2.33 bits per heavy atom. The second-order valence-corrected chi connectivity index (χ2v) is 5.80. The van der Waals surface area contributed by atoms with Gasteiger partial charge in [-0.3, -0.25) is 4.79 Å². The van der Waals surface area contributed by atoms with Crippen molar-refractivity contribution in [2.45, 2.75) is 51.2 Å². The zero-order chi connectivity index (χ0) is 13.8. The highest BCUT2D eigenvalue weighted by atomic mass is 16.6. The number of hydrogen-bond acceptors (Lipinski definition) is 4. The Morgan fingerprint density at radius 2 is 1.89 bits per heavy atom. The Morgan fingerprint density at radius 1 is 1.33 bits per heavy atom. The number of nitrogens with one attached hydrogen (secondary N) is 2. The van der Waals surface area contributed by atoms with Crippen LogP contribution in [-0.2, 0) is 9.53 Å². The molecule has 18 heavy (non-hydrogen) atoms. The zero-order valence-corrected chi connectivity index (χ0v) is 11.3. The summed E-state index contributed by atoms with van der Waals surface area (Å²) in [5, 5.41) is 6.01. The van der Waals surface area contributed by atoms with Crippen molar-refractivity contribution < 1.29 is 14.3 Å². The molecule has 1 saturated heterocycles. The molecule has 2 amide bonds. The maximum Gasteiger partial charge on any atom is 0.408 e. The van der Waals surface area contributed by atoms with Crippen molar-refractivity contribution in [3.63, 3.8) is 0 Å². The van der Waals surface area contributed by atoms with Crippen molar-refractivity contribution in [2.75, 3.05) is 13.1 Å². The normalized spacial score (nSPS) is 19.1. The molecule has 0 radical (unpaired) electrons. The van der Waals surface area contributed by atoms with E-state index in [0.717, 1.165) is 13.1 Å². The number of carbonyl (C=O) groups is 2. The number of ether oxygens (including phenoxy) is 1. The summed E-state index contributed by atoms with van der Waals surface area (Å²) in [7, 11) is 0. The van der Waals surface area contributed by atoms with Gasteiger partial charge in [-0.05, 0) is 46.7 Å². The van der Waals surface area contributed by atoms with Crippen LogP contribution in [0.5, 0.6) is 0 Å². The molecule has 0 atom stereocenters. The van der Waals surface area contributed by atoms with Gasteiger partial charge in [-0.25, -0.2) is 4.79 Å². The van der Waals surface area contributed by atoms with E-state index in [1.807, 2.05) is 0 Å². The van der Waals surface area contributed by atoms with E-state index in [1.165, 1.54) is 0 Å². The predicted molar refractivity (Wildman–Crippen MR) is 68.0 cm³/mol. The average Bonchev–Trinajstić information content (AvgIpc) is 2.13. The van der Waals surface area contributed by atoms with Gasteiger partial charge in [0.25, 0.3) is 0 Å². The topological polar surface area (TPSA) is 93.4 Å². The second kappa shape index (κ2) is 5.56. The third-order valence-electron chi connectivity index (χ3n) is 2.84. The third kappa shape index (κ3) is 4.91. The molecule has 0 aromatic heterocycles. The highest BCUT2D eigenvalue weighted by Gasteiger charge is 2.36. The molecule has 0 bridgehead atoms. The Bertz CT molecular complexity index is 317. The van der Waals surface area contributed by atoms with E-state index in [4.69, 9.17) is 10.5 Å². The van der Waals surface area contributed by atoms with Crippen molar-refractivity contribution in [3.05, 3.63) is 0 Å². The summed E-state index contributed by atoms with van der Waals surface area (Å²) in [4.78, 5) is 23.0. The zero-order valence-electron chi connectivity index (χ0n) is 11.3. The summed E-state index contributed by atoms with van der Waals surface area (Å²) in [5.41, 5.74) is 4.14. The molecule has 1 aliphatic rings. The minimum absolute atomic E-state index is 0.147. The highest BCUT2D eigenvalue weighted by Crippen LogP contribution is 2.23. The molecule has 4 N–H and O–H groups in total. The van der Waals surface area contributed by atoms with Crippen LogP contribution in [0.2, 0.25) is 0 Å². The quantitative estimate of drug-likeness (QED) is 0.686. The first-order chi connectivity index (χ1) is 8.22. The first-order valence-electron chi connectivity index (χ1n) is 6.23. The van der Waals surface area contributed by atoms with Crippen LogP contribution in [-0.4, -0.2) is 36.2 Å². The minimum Gasteiger partial charge on any atom is -0.444 e. The monoisotopic (exact) mass is 257 g/mol. The molecule has 104 valence electrons. The van der Waals surface area contributed by atoms with Crippen LogP contribution in [0.3, 0.4) is 0 Å². The molecule has 1 fully saturated rings. The molecule has 1 aliphatic heterocycles. The Kier molecular flexibility index (Phi) is 4.56. The predicted octanol–water partition coefficient (Wildman–Crippen LogP) is 0.509. The van der Waals surface area contributed by atoms with E-state index in [0.29, 0.717) is 12.8 Å². The summed E-state index contributed by atoms with van der Waals surface area (Å²) in [5.74, 6) is -0.409. The standard InChI is InChI=1S/C12H23N3O3/c1-11(2,3)18-10(17)15-12(8-9(13)16)4-6-14-7-5-12/h14H,4-8H2,1-3H3,(H2,13,16)(H,15,17). The minimum atomic E-state index is -0.570. The number of carbonyl (C=O) groups excluding carboxylic acids is 2. The molecular weight excluding hydrogens is 234 g/mol. The number of alkyl carbamates (subject to hydrolysis) is 1. The van der Waals surface area contributed by atoms with E-state index in [2.05, 4.69) is 10.6 Å². The van der Waals surface area contributed by atoms with Crippen LogP contribution >= 0.6 is 0 Å². The summed E-state index contributed by atoms with van der Waals surface area (Å²) in [6, 6.07) is 0. The van der Waals surface area contributed by atoms with Crippen LogP contribution in [0.1, 0.15) is 40.0 Å². The SMILES string of the molecule is CC(C)(C)OC(=O)NC1(CC(N)=O)CCNCC1. The van der Waals surface area contributed by atoms with Crippen molar-refractivity contribution in [3.8, 4) is 0 Å². The lowest BCUT2D eigenvalue weighted by Crippen LogP contribution is -2.56. The Labute approximate surface area is 108 Å². The van der Waals surface area contributed by atoms with Gasteiger partial charge in [-0.2, -0.15) is 0 Å². The number of amides is 2. The number of nitrogens with two attached hydrogens (primary N) is 1. The van der Waals surface area contributed by atoms with Gasteiger partial charge in [0.2, 0.25) is 5.91 Å². The van der Waals surface area contributed by atoms with Crippen LogP contribution in [0.4, 0.5) is 4.79 Å². The number of rotatable bonds is 3. The van der Waals surface area contributed by atoms with E-state index in [1.54, 1.807) is 20.8 Å². The molecule has 0 unspecified atom stereocenters. The lowest BCUT2D eigenvalue weighted by Gasteiger charge is -2.38. The lowest BCUT2D eigenvalue weighted by molar-refractivity contribution is -0.119. The second-order valence-electron chi connectivity index (χ2n) is 5.80. The summed E-state index contributed by atoms with van der Waals surface area (Å²) in [6.07, 6.45) is 1.00. The molecule has 1 rings (SSSR count). The fourth-order valence-electron chi connectivity index (χ4n) is 2.10. The number of piperidine rings is 1. The van der Waals surface area contributed by atoms with Gasteiger partial charge in [-0.15, -0.1) is 0 Å². The number of primary amides is 1. The van der Waals surface area contributed by atoms with Gasteiger partial charge in [0, 0.05) is 6.42 Å². The Hall–Kier alpha value is -1.30. The first kappa shape index (κ1) is 14.8. The van der Waals surface area contributed by atoms with Crippen molar-refractivity contribution in [1.82, 2.24) is 10.6 Å². The summed E-state index contributed by atoms with van der Waals surface area (Å²) >= 11 is 0.